The Kier molecular flexibility index (Phi) is 5.71. The van der Waals surface area contributed by atoms with Crippen molar-refractivity contribution in [3.63, 3.8) is 0 Å². The second-order valence-electron chi connectivity index (χ2n) is 4.24. The van der Waals surface area contributed by atoms with Crippen molar-refractivity contribution < 1.29 is 19.7 Å². The van der Waals surface area contributed by atoms with Gasteiger partial charge >= 0.3 is 14.8 Å². The van der Waals surface area contributed by atoms with E-state index in [2.05, 4.69) is 23.7 Å². The minimum Gasteiger partial charge on any atom is -0.537 e. The molecule has 0 amide bonds. The molecule has 0 aliphatic carbocycles. The molecule has 0 spiro atoms. The van der Waals surface area contributed by atoms with Crippen molar-refractivity contribution in [1.82, 2.24) is 0 Å². The average molecular weight is 289 g/mol. The van der Waals surface area contributed by atoms with E-state index in [1.54, 1.807) is 48.5 Å². The number of benzene rings is 2. The normalized spacial score (nSPS) is 8.86. The molecule has 0 bridgehead atoms. The highest BCUT2D eigenvalue weighted by Crippen LogP contribution is 2.10. The van der Waals surface area contributed by atoms with Crippen LogP contribution < -0.4 is 10.1 Å². The summed E-state index contributed by atoms with van der Waals surface area (Å²) in [5.74, 6) is 11.7. The van der Waals surface area contributed by atoms with Crippen molar-refractivity contribution in [2.45, 2.75) is 0 Å². The quantitative estimate of drug-likeness (QED) is 0.535. The summed E-state index contributed by atoms with van der Waals surface area (Å²) in [6.45, 7) is 0. The molecule has 1 radical (unpaired) electrons. The van der Waals surface area contributed by atoms with E-state index >= 15 is 0 Å². The summed E-state index contributed by atoms with van der Waals surface area (Å²) in [4.78, 5) is 0. The van der Waals surface area contributed by atoms with Gasteiger partial charge in [-0.05, 0) is 53.7 Å². The number of hydrogen-bond acceptors (Lipinski definition) is 4. The van der Waals surface area contributed by atoms with Crippen LogP contribution in [-0.2, 0) is 0 Å². The van der Waals surface area contributed by atoms with Crippen molar-refractivity contribution in [3.8, 4) is 29.4 Å². The molecule has 0 atom stereocenters. The van der Waals surface area contributed by atoms with Crippen LogP contribution in [0.5, 0.6) is 5.75 Å². The molecule has 0 heterocycles. The molecule has 0 saturated carbocycles. The summed E-state index contributed by atoms with van der Waals surface area (Å²) < 4.78 is 4.79. The first-order valence-electron chi connectivity index (χ1n) is 6.40. The SMILES string of the molecule is O[B]Oc1ccc(C#CC#Cc2ccc(B(O)O)cc2)cc1. The zero-order chi connectivity index (χ0) is 15.8. The standard InChI is InChI=1S/C16H11B2O4/c19-17-22-16-11-7-14(8-12-16)4-2-1-3-13-5-9-15(10-6-13)18(20)21/h5-12,19-21H. The highest BCUT2D eigenvalue weighted by Gasteiger charge is 2.08. The Labute approximate surface area is 129 Å². The first-order valence-corrected chi connectivity index (χ1v) is 6.40. The fourth-order valence-electron chi connectivity index (χ4n) is 1.62. The van der Waals surface area contributed by atoms with Crippen molar-refractivity contribution in [2.24, 2.45) is 0 Å². The fourth-order valence-corrected chi connectivity index (χ4v) is 1.62. The van der Waals surface area contributed by atoms with Crippen LogP contribution in [-0.4, -0.2) is 29.9 Å². The molecule has 2 aromatic carbocycles. The van der Waals surface area contributed by atoms with Crippen LogP contribution in [0.15, 0.2) is 48.5 Å². The fraction of sp³-hybridized carbons (Fsp3) is 0. The molecular weight excluding hydrogens is 278 g/mol. The van der Waals surface area contributed by atoms with E-state index in [1.165, 1.54) is 0 Å². The van der Waals surface area contributed by atoms with Crippen LogP contribution in [0.2, 0.25) is 0 Å². The van der Waals surface area contributed by atoms with Crippen LogP contribution in [0.3, 0.4) is 0 Å². The molecule has 6 heteroatoms. The van der Waals surface area contributed by atoms with Crippen LogP contribution in [0.1, 0.15) is 11.1 Å². The molecule has 3 N–H and O–H groups in total. The molecule has 22 heavy (non-hydrogen) atoms. The topological polar surface area (TPSA) is 69.9 Å². The van der Waals surface area contributed by atoms with Gasteiger partial charge in [0.2, 0.25) is 0 Å². The van der Waals surface area contributed by atoms with Crippen LogP contribution in [0.25, 0.3) is 0 Å². The second kappa shape index (κ2) is 7.97. The van der Waals surface area contributed by atoms with E-state index in [0.717, 1.165) is 11.1 Å². The van der Waals surface area contributed by atoms with E-state index in [0.29, 0.717) is 18.9 Å². The van der Waals surface area contributed by atoms with Gasteiger partial charge in [0.05, 0.1) is 0 Å². The molecule has 2 rings (SSSR count). The van der Waals surface area contributed by atoms with Gasteiger partial charge in [-0.1, -0.05) is 24.0 Å². The summed E-state index contributed by atoms with van der Waals surface area (Å²) >= 11 is 0. The van der Waals surface area contributed by atoms with E-state index in [1.807, 2.05) is 0 Å². The Bertz CT molecular complexity index is 732. The van der Waals surface area contributed by atoms with Gasteiger partial charge in [0.1, 0.15) is 5.75 Å². The van der Waals surface area contributed by atoms with Crippen molar-refractivity contribution >= 4 is 20.3 Å². The molecule has 0 aliphatic rings. The van der Waals surface area contributed by atoms with Crippen LogP contribution >= 0.6 is 0 Å². The monoisotopic (exact) mass is 289 g/mol. The number of rotatable bonds is 3. The van der Waals surface area contributed by atoms with Gasteiger partial charge < -0.3 is 19.7 Å². The lowest BCUT2D eigenvalue weighted by atomic mass is 9.80. The Morgan fingerprint density at radius 2 is 1.32 bits per heavy atom. The smallest absolute Gasteiger partial charge is 0.537 e. The lowest BCUT2D eigenvalue weighted by Crippen LogP contribution is -2.29. The minimum absolute atomic E-state index is 0.416. The van der Waals surface area contributed by atoms with E-state index in [9.17, 15) is 0 Å². The molecule has 0 aromatic heterocycles. The van der Waals surface area contributed by atoms with E-state index < -0.39 is 7.12 Å². The van der Waals surface area contributed by atoms with Crippen molar-refractivity contribution in [3.05, 3.63) is 59.7 Å². The molecule has 0 unspecified atom stereocenters. The summed E-state index contributed by atoms with van der Waals surface area (Å²) in [5.41, 5.74) is 1.93. The molecular formula is C16H11B2O4. The molecule has 0 aliphatic heterocycles. The highest BCUT2D eigenvalue weighted by atomic mass is 16.5. The zero-order valence-corrected chi connectivity index (χ0v) is 11.5. The van der Waals surface area contributed by atoms with Gasteiger partial charge in [0.15, 0.2) is 0 Å². The first kappa shape index (κ1) is 15.8. The Morgan fingerprint density at radius 3 is 1.77 bits per heavy atom. The summed E-state index contributed by atoms with van der Waals surface area (Å²) in [6.07, 6.45) is 0. The third-order valence-electron chi connectivity index (χ3n) is 2.73. The maximum absolute atomic E-state index is 8.98. The molecule has 0 saturated heterocycles. The molecule has 4 nitrogen and oxygen atoms in total. The average Bonchev–Trinajstić information content (AvgIpc) is 2.54. The van der Waals surface area contributed by atoms with Crippen molar-refractivity contribution in [2.75, 3.05) is 0 Å². The predicted molar refractivity (Wildman–Crippen MR) is 85.1 cm³/mol. The molecule has 2 aromatic rings. The Morgan fingerprint density at radius 1 is 0.818 bits per heavy atom. The summed E-state index contributed by atoms with van der Waals surface area (Å²) in [6, 6.07) is 13.5. The second-order valence-corrected chi connectivity index (χ2v) is 4.24. The van der Waals surface area contributed by atoms with Gasteiger partial charge in [-0.2, -0.15) is 0 Å². The highest BCUT2D eigenvalue weighted by molar-refractivity contribution is 6.58. The van der Waals surface area contributed by atoms with Crippen LogP contribution in [0.4, 0.5) is 0 Å². The van der Waals surface area contributed by atoms with E-state index in [4.69, 9.17) is 19.7 Å². The third-order valence-corrected chi connectivity index (χ3v) is 2.73. The zero-order valence-electron chi connectivity index (χ0n) is 11.5. The summed E-state index contributed by atoms with van der Waals surface area (Å²) in [5, 5.41) is 26.5. The number of hydrogen-bond donors (Lipinski definition) is 3. The maximum atomic E-state index is 8.98. The van der Waals surface area contributed by atoms with Gasteiger partial charge in [-0.25, -0.2) is 0 Å². The molecule has 105 valence electrons. The minimum atomic E-state index is -1.47. The van der Waals surface area contributed by atoms with Crippen LogP contribution in [0, 0.1) is 23.7 Å². The predicted octanol–water partition coefficient (Wildman–Crippen LogP) is -0.325. The third kappa shape index (κ3) is 4.73. The maximum Gasteiger partial charge on any atom is 0.569 e. The van der Waals surface area contributed by atoms with Gasteiger partial charge in [0.25, 0.3) is 0 Å². The van der Waals surface area contributed by atoms with Gasteiger partial charge in [-0.15, -0.1) is 0 Å². The van der Waals surface area contributed by atoms with Gasteiger partial charge in [-0.3, -0.25) is 0 Å². The Balaban J connectivity index is 2.01. The first-order chi connectivity index (χ1) is 10.7. The lowest BCUT2D eigenvalue weighted by Gasteiger charge is -1.99. The largest absolute Gasteiger partial charge is 0.569 e. The Hall–Kier alpha value is -2.63. The van der Waals surface area contributed by atoms with Gasteiger partial charge in [0, 0.05) is 11.1 Å². The van der Waals surface area contributed by atoms with E-state index in [-0.39, 0.29) is 0 Å². The lowest BCUT2D eigenvalue weighted by molar-refractivity contribution is 0.425. The summed E-state index contributed by atoms with van der Waals surface area (Å²) in [7, 11) is -0.857. The van der Waals surface area contributed by atoms with Crippen molar-refractivity contribution in [1.29, 1.82) is 0 Å². The molecule has 0 fully saturated rings.